The molecule has 1 aromatic rings. The van der Waals surface area contributed by atoms with Crippen molar-refractivity contribution in [2.45, 2.75) is 18.9 Å². The van der Waals surface area contributed by atoms with Crippen LogP contribution in [0.3, 0.4) is 0 Å². The number of rotatable bonds is 4. The van der Waals surface area contributed by atoms with Gasteiger partial charge in [0, 0.05) is 19.2 Å². The zero-order chi connectivity index (χ0) is 14.4. The van der Waals surface area contributed by atoms with Crippen molar-refractivity contribution >= 4 is 6.03 Å². The van der Waals surface area contributed by atoms with Crippen LogP contribution in [0, 0.1) is 5.82 Å². The third-order valence-electron chi connectivity index (χ3n) is 3.14. The highest BCUT2D eigenvalue weighted by Crippen LogP contribution is 2.31. The molecule has 0 spiro atoms. The fraction of sp³-hybridized carbons (Fsp3) is 0.500. The third-order valence-corrected chi connectivity index (χ3v) is 3.14. The molecular weight excluding hydrogens is 263 g/mol. The Morgan fingerprint density at radius 3 is 3.20 bits per heavy atom. The van der Waals surface area contributed by atoms with E-state index in [1.54, 1.807) is 13.2 Å². The molecule has 0 radical (unpaired) electrons. The molecule has 2 N–H and O–H groups in total. The topological polar surface area (TPSA) is 59.6 Å². The van der Waals surface area contributed by atoms with Gasteiger partial charge in [-0.1, -0.05) is 0 Å². The van der Waals surface area contributed by atoms with Gasteiger partial charge in [-0.25, -0.2) is 9.18 Å². The summed E-state index contributed by atoms with van der Waals surface area (Å²) in [4.78, 5) is 11.8. The Morgan fingerprint density at radius 1 is 1.55 bits per heavy atom. The molecule has 0 bridgehead atoms. The number of halogens is 1. The van der Waals surface area contributed by atoms with E-state index in [4.69, 9.17) is 9.47 Å². The highest BCUT2D eigenvalue weighted by atomic mass is 19.1. The van der Waals surface area contributed by atoms with Crippen LogP contribution in [0.2, 0.25) is 0 Å². The predicted molar refractivity (Wildman–Crippen MR) is 72.3 cm³/mol. The molecule has 2 rings (SSSR count). The van der Waals surface area contributed by atoms with Gasteiger partial charge < -0.3 is 20.1 Å². The smallest absolute Gasteiger partial charge is 0.315 e. The fourth-order valence-corrected chi connectivity index (χ4v) is 2.17. The maximum absolute atomic E-state index is 13.4. The summed E-state index contributed by atoms with van der Waals surface area (Å²) in [5, 5.41) is 5.54. The van der Waals surface area contributed by atoms with E-state index in [9.17, 15) is 9.18 Å². The van der Waals surface area contributed by atoms with E-state index in [-0.39, 0.29) is 17.9 Å². The molecule has 5 nitrogen and oxygen atoms in total. The van der Waals surface area contributed by atoms with Gasteiger partial charge in [0.15, 0.2) is 0 Å². The molecule has 0 aliphatic carbocycles. The van der Waals surface area contributed by atoms with Gasteiger partial charge in [0.25, 0.3) is 0 Å². The van der Waals surface area contributed by atoms with Gasteiger partial charge in [-0.2, -0.15) is 0 Å². The molecule has 1 aliphatic rings. The molecular formula is C14H19FN2O3. The van der Waals surface area contributed by atoms with Crippen molar-refractivity contribution in [1.29, 1.82) is 0 Å². The number of urea groups is 1. The SMILES string of the molecule is COCCNC(=O)N[C@@H]1CCCOc2ccc(F)cc21. The number of benzene rings is 1. The Labute approximate surface area is 117 Å². The van der Waals surface area contributed by atoms with Gasteiger partial charge in [-0.05, 0) is 31.0 Å². The standard InChI is InChI=1S/C14H19FN2O3/c1-19-8-6-16-14(18)17-12-3-2-7-20-13-5-4-10(15)9-11(12)13/h4-5,9,12H,2-3,6-8H2,1H3,(H2,16,17,18)/t12-/m1/s1. The molecule has 0 aromatic heterocycles. The number of carbonyl (C=O) groups is 1. The first-order chi connectivity index (χ1) is 9.70. The van der Waals surface area contributed by atoms with E-state index < -0.39 is 0 Å². The number of carbonyl (C=O) groups excluding carboxylic acids is 1. The zero-order valence-corrected chi connectivity index (χ0v) is 11.4. The van der Waals surface area contributed by atoms with Crippen molar-refractivity contribution in [3.63, 3.8) is 0 Å². The first-order valence-electron chi connectivity index (χ1n) is 6.66. The van der Waals surface area contributed by atoms with E-state index in [1.165, 1.54) is 12.1 Å². The summed E-state index contributed by atoms with van der Waals surface area (Å²) in [5.41, 5.74) is 0.685. The highest BCUT2D eigenvalue weighted by molar-refractivity contribution is 5.74. The van der Waals surface area contributed by atoms with Crippen molar-refractivity contribution in [3.8, 4) is 5.75 Å². The first kappa shape index (κ1) is 14.6. The summed E-state index contributed by atoms with van der Waals surface area (Å²) >= 11 is 0. The molecule has 1 aliphatic heterocycles. The summed E-state index contributed by atoms with van der Waals surface area (Å²) < 4.78 is 23.8. The number of nitrogens with one attached hydrogen (secondary N) is 2. The lowest BCUT2D eigenvalue weighted by molar-refractivity contribution is 0.195. The lowest BCUT2D eigenvalue weighted by Crippen LogP contribution is -2.39. The summed E-state index contributed by atoms with van der Waals surface area (Å²) in [7, 11) is 1.57. The number of hydrogen-bond donors (Lipinski definition) is 2. The molecule has 1 aromatic carbocycles. The van der Waals surface area contributed by atoms with Crippen LogP contribution in [-0.2, 0) is 4.74 Å². The summed E-state index contributed by atoms with van der Waals surface area (Å²) in [5.74, 6) is 0.298. The fourth-order valence-electron chi connectivity index (χ4n) is 2.17. The summed E-state index contributed by atoms with van der Waals surface area (Å²) in [6, 6.07) is 3.85. The largest absolute Gasteiger partial charge is 0.493 e. The minimum absolute atomic E-state index is 0.245. The monoisotopic (exact) mass is 282 g/mol. The Hall–Kier alpha value is -1.82. The first-order valence-corrected chi connectivity index (χ1v) is 6.66. The summed E-state index contributed by atoms with van der Waals surface area (Å²) in [6.07, 6.45) is 1.52. The van der Waals surface area contributed by atoms with Crippen LogP contribution in [0.1, 0.15) is 24.4 Å². The molecule has 20 heavy (non-hydrogen) atoms. The third kappa shape index (κ3) is 3.84. The second kappa shape index (κ2) is 7.09. The maximum atomic E-state index is 13.4. The molecule has 110 valence electrons. The summed E-state index contributed by atoms with van der Waals surface area (Å²) in [6.45, 7) is 1.45. The molecule has 1 heterocycles. The van der Waals surface area contributed by atoms with Crippen molar-refractivity contribution < 1.29 is 18.7 Å². The number of methoxy groups -OCH3 is 1. The predicted octanol–water partition coefficient (Wildman–Crippen LogP) is 1.98. The lowest BCUT2D eigenvalue weighted by Gasteiger charge is -2.18. The Balaban J connectivity index is 2.04. The molecule has 1 atom stereocenters. The molecule has 2 amide bonds. The highest BCUT2D eigenvalue weighted by Gasteiger charge is 2.21. The van der Waals surface area contributed by atoms with Crippen LogP contribution >= 0.6 is 0 Å². The quantitative estimate of drug-likeness (QED) is 0.830. The molecule has 0 fully saturated rings. The minimum atomic E-state index is -0.333. The van der Waals surface area contributed by atoms with Gasteiger partial charge in [0.2, 0.25) is 0 Å². The van der Waals surface area contributed by atoms with E-state index in [0.29, 0.717) is 37.5 Å². The van der Waals surface area contributed by atoms with Crippen LogP contribution in [0.25, 0.3) is 0 Å². The number of hydrogen-bond acceptors (Lipinski definition) is 3. The Bertz CT molecular complexity index is 468. The average molecular weight is 282 g/mol. The average Bonchev–Trinajstić information content (AvgIpc) is 2.62. The lowest BCUT2D eigenvalue weighted by atomic mass is 10.0. The van der Waals surface area contributed by atoms with Crippen molar-refractivity contribution in [2.24, 2.45) is 0 Å². The van der Waals surface area contributed by atoms with Crippen LogP contribution in [0.5, 0.6) is 5.75 Å². The Morgan fingerprint density at radius 2 is 2.40 bits per heavy atom. The van der Waals surface area contributed by atoms with Gasteiger partial charge >= 0.3 is 6.03 Å². The molecule has 0 saturated carbocycles. The van der Waals surface area contributed by atoms with E-state index in [2.05, 4.69) is 10.6 Å². The van der Waals surface area contributed by atoms with E-state index in [0.717, 1.165) is 6.42 Å². The second-order valence-corrected chi connectivity index (χ2v) is 4.62. The normalized spacial score (nSPS) is 17.6. The van der Waals surface area contributed by atoms with Crippen molar-refractivity contribution in [3.05, 3.63) is 29.6 Å². The molecule has 0 unspecified atom stereocenters. The van der Waals surface area contributed by atoms with Crippen LogP contribution in [0.4, 0.5) is 9.18 Å². The van der Waals surface area contributed by atoms with Gasteiger partial charge in [-0.15, -0.1) is 0 Å². The van der Waals surface area contributed by atoms with E-state index >= 15 is 0 Å². The minimum Gasteiger partial charge on any atom is -0.493 e. The van der Waals surface area contributed by atoms with Gasteiger partial charge in [0.05, 0.1) is 19.3 Å². The second-order valence-electron chi connectivity index (χ2n) is 4.62. The van der Waals surface area contributed by atoms with Gasteiger partial charge in [0.1, 0.15) is 11.6 Å². The number of fused-ring (bicyclic) bond motifs is 1. The van der Waals surface area contributed by atoms with Crippen LogP contribution in [-0.4, -0.2) is 32.9 Å². The van der Waals surface area contributed by atoms with Gasteiger partial charge in [-0.3, -0.25) is 0 Å². The van der Waals surface area contributed by atoms with Crippen molar-refractivity contribution in [1.82, 2.24) is 10.6 Å². The van der Waals surface area contributed by atoms with Crippen molar-refractivity contribution in [2.75, 3.05) is 26.9 Å². The Kier molecular flexibility index (Phi) is 5.17. The molecule has 6 heteroatoms. The number of amides is 2. The molecule has 0 saturated heterocycles. The number of ether oxygens (including phenoxy) is 2. The van der Waals surface area contributed by atoms with E-state index in [1.807, 2.05) is 0 Å². The van der Waals surface area contributed by atoms with Crippen LogP contribution in [0.15, 0.2) is 18.2 Å². The van der Waals surface area contributed by atoms with Crippen LogP contribution < -0.4 is 15.4 Å². The maximum Gasteiger partial charge on any atom is 0.315 e. The zero-order valence-electron chi connectivity index (χ0n) is 11.4.